The zero-order valence-corrected chi connectivity index (χ0v) is 12.3. The molecule has 1 aliphatic rings. The SMILES string of the molecule is Oc1c(Br)cc(Br)cc1CC1CCCCC1. The highest BCUT2D eigenvalue weighted by Crippen LogP contribution is 2.35. The minimum Gasteiger partial charge on any atom is -0.506 e. The standard InChI is InChI=1S/C13H16Br2O/c14-11-7-10(13(16)12(15)8-11)6-9-4-2-1-3-5-9/h7-9,16H,1-6H2. The predicted octanol–water partition coefficient (Wildman–Crippen LogP) is 5.04. The van der Waals surface area contributed by atoms with Gasteiger partial charge < -0.3 is 5.11 Å². The maximum atomic E-state index is 9.98. The molecule has 0 aromatic heterocycles. The Hall–Kier alpha value is -0.0200. The van der Waals surface area contributed by atoms with Gasteiger partial charge in [-0.1, -0.05) is 48.0 Å². The summed E-state index contributed by atoms with van der Waals surface area (Å²) in [6.07, 6.45) is 7.70. The summed E-state index contributed by atoms with van der Waals surface area (Å²) in [7, 11) is 0. The van der Waals surface area contributed by atoms with Crippen LogP contribution in [-0.2, 0) is 6.42 Å². The van der Waals surface area contributed by atoms with Gasteiger partial charge in [0.1, 0.15) is 5.75 Å². The van der Waals surface area contributed by atoms with Crippen molar-refractivity contribution in [2.45, 2.75) is 38.5 Å². The summed E-state index contributed by atoms with van der Waals surface area (Å²) < 4.78 is 1.82. The summed E-state index contributed by atoms with van der Waals surface area (Å²) >= 11 is 6.85. The van der Waals surface area contributed by atoms with Crippen molar-refractivity contribution in [3.05, 3.63) is 26.6 Å². The van der Waals surface area contributed by atoms with Gasteiger partial charge in [-0.05, 0) is 46.0 Å². The topological polar surface area (TPSA) is 20.2 Å². The van der Waals surface area contributed by atoms with Gasteiger partial charge in [-0.3, -0.25) is 0 Å². The number of halogens is 2. The van der Waals surface area contributed by atoms with Crippen molar-refractivity contribution in [1.29, 1.82) is 0 Å². The molecule has 0 atom stereocenters. The quantitative estimate of drug-likeness (QED) is 0.794. The Balaban J connectivity index is 2.13. The van der Waals surface area contributed by atoms with Crippen LogP contribution in [0.4, 0.5) is 0 Å². The molecule has 1 aliphatic carbocycles. The molecule has 0 spiro atoms. The van der Waals surface area contributed by atoms with E-state index in [9.17, 15) is 5.11 Å². The van der Waals surface area contributed by atoms with E-state index in [1.807, 2.05) is 12.1 Å². The van der Waals surface area contributed by atoms with Gasteiger partial charge in [-0.15, -0.1) is 0 Å². The lowest BCUT2D eigenvalue weighted by Crippen LogP contribution is -2.09. The molecular weight excluding hydrogens is 332 g/mol. The van der Waals surface area contributed by atoms with E-state index in [0.717, 1.165) is 26.8 Å². The third-order valence-electron chi connectivity index (χ3n) is 3.34. The molecule has 1 fully saturated rings. The lowest BCUT2D eigenvalue weighted by molar-refractivity contribution is 0.351. The van der Waals surface area contributed by atoms with Crippen LogP contribution in [0.2, 0.25) is 0 Å². The molecule has 16 heavy (non-hydrogen) atoms. The number of benzene rings is 1. The van der Waals surface area contributed by atoms with E-state index in [4.69, 9.17) is 0 Å². The lowest BCUT2D eigenvalue weighted by Gasteiger charge is -2.22. The van der Waals surface area contributed by atoms with E-state index in [1.165, 1.54) is 32.1 Å². The molecule has 2 rings (SSSR count). The maximum Gasteiger partial charge on any atom is 0.133 e. The van der Waals surface area contributed by atoms with Crippen molar-refractivity contribution in [2.75, 3.05) is 0 Å². The van der Waals surface area contributed by atoms with Crippen molar-refractivity contribution in [1.82, 2.24) is 0 Å². The van der Waals surface area contributed by atoms with Crippen LogP contribution in [0, 0.1) is 5.92 Å². The molecule has 1 aromatic rings. The van der Waals surface area contributed by atoms with E-state index < -0.39 is 0 Å². The molecule has 0 amide bonds. The van der Waals surface area contributed by atoms with E-state index >= 15 is 0 Å². The van der Waals surface area contributed by atoms with E-state index in [1.54, 1.807) is 0 Å². The minimum absolute atomic E-state index is 0.411. The summed E-state index contributed by atoms with van der Waals surface area (Å²) in [5.41, 5.74) is 1.06. The number of aromatic hydroxyl groups is 1. The lowest BCUT2D eigenvalue weighted by atomic mass is 9.85. The number of rotatable bonds is 2. The van der Waals surface area contributed by atoms with Crippen LogP contribution in [0.3, 0.4) is 0 Å². The number of phenolic OH excluding ortho intramolecular Hbond substituents is 1. The van der Waals surface area contributed by atoms with Crippen molar-refractivity contribution in [3.63, 3.8) is 0 Å². The summed E-state index contributed by atoms with van der Waals surface area (Å²) in [5, 5.41) is 9.98. The summed E-state index contributed by atoms with van der Waals surface area (Å²) in [4.78, 5) is 0. The minimum atomic E-state index is 0.411. The fourth-order valence-corrected chi connectivity index (χ4v) is 3.79. The van der Waals surface area contributed by atoms with Crippen molar-refractivity contribution < 1.29 is 5.11 Å². The Morgan fingerprint density at radius 2 is 1.81 bits per heavy atom. The van der Waals surface area contributed by atoms with Gasteiger partial charge in [0.15, 0.2) is 0 Å². The Kier molecular flexibility index (Phi) is 4.31. The summed E-state index contributed by atoms with van der Waals surface area (Å²) in [5.74, 6) is 1.16. The van der Waals surface area contributed by atoms with Crippen molar-refractivity contribution in [2.24, 2.45) is 5.92 Å². The second-order valence-corrected chi connectivity index (χ2v) is 6.37. The highest BCUT2D eigenvalue weighted by molar-refractivity contribution is 9.11. The van der Waals surface area contributed by atoms with Gasteiger partial charge in [0.05, 0.1) is 4.47 Å². The maximum absolute atomic E-state index is 9.98. The first-order chi connectivity index (χ1) is 7.66. The predicted molar refractivity (Wildman–Crippen MR) is 73.8 cm³/mol. The van der Waals surface area contributed by atoms with Crippen LogP contribution in [0.1, 0.15) is 37.7 Å². The molecule has 1 saturated carbocycles. The molecule has 88 valence electrons. The van der Waals surface area contributed by atoms with Gasteiger partial charge in [-0.25, -0.2) is 0 Å². The summed E-state index contributed by atoms with van der Waals surface area (Å²) in [6, 6.07) is 3.93. The molecule has 1 N–H and O–H groups in total. The Labute approximate surface area is 114 Å². The Morgan fingerprint density at radius 1 is 1.12 bits per heavy atom. The van der Waals surface area contributed by atoms with Gasteiger partial charge in [0, 0.05) is 4.47 Å². The van der Waals surface area contributed by atoms with Crippen molar-refractivity contribution >= 4 is 31.9 Å². The zero-order chi connectivity index (χ0) is 11.5. The second-order valence-electron chi connectivity index (χ2n) is 4.60. The molecule has 3 heteroatoms. The highest BCUT2D eigenvalue weighted by Gasteiger charge is 2.16. The molecule has 0 radical (unpaired) electrons. The highest BCUT2D eigenvalue weighted by atomic mass is 79.9. The number of phenols is 1. The van der Waals surface area contributed by atoms with Gasteiger partial charge in [0.2, 0.25) is 0 Å². The zero-order valence-electron chi connectivity index (χ0n) is 9.18. The fourth-order valence-electron chi connectivity index (χ4n) is 2.48. The van der Waals surface area contributed by atoms with Crippen LogP contribution in [0.25, 0.3) is 0 Å². The van der Waals surface area contributed by atoms with Crippen LogP contribution >= 0.6 is 31.9 Å². The van der Waals surface area contributed by atoms with E-state index in [-0.39, 0.29) is 0 Å². The summed E-state index contributed by atoms with van der Waals surface area (Å²) in [6.45, 7) is 0. The van der Waals surface area contributed by atoms with Crippen LogP contribution in [0.5, 0.6) is 5.75 Å². The molecule has 1 nitrogen and oxygen atoms in total. The molecule has 0 saturated heterocycles. The van der Waals surface area contributed by atoms with Crippen LogP contribution in [0.15, 0.2) is 21.1 Å². The average Bonchev–Trinajstić information content (AvgIpc) is 2.27. The Morgan fingerprint density at radius 3 is 2.50 bits per heavy atom. The van der Waals surface area contributed by atoms with Gasteiger partial charge in [0.25, 0.3) is 0 Å². The number of hydrogen-bond acceptors (Lipinski definition) is 1. The largest absolute Gasteiger partial charge is 0.506 e. The first kappa shape index (κ1) is 12.4. The van der Waals surface area contributed by atoms with Crippen molar-refractivity contribution in [3.8, 4) is 5.75 Å². The van der Waals surface area contributed by atoms with Gasteiger partial charge >= 0.3 is 0 Å². The van der Waals surface area contributed by atoms with E-state index in [2.05, 4.69) is 31.9 Å². The molecule has 0 bridgehead atoms. The molecule has 0 aliphatic heterocycles. The Bertz CT molecular complexity index is 370. The first-order valence-electron chi connectivity index (χ1n) is 5.83. The molecule has 0 unspecified atom stereocenters. The molecule has 0 heterocycles. The normalized spacial score (nSPS) is 17.6. The monoisotopic (exact) mass is 346 g/mol. The molecule has 1 aromatic carbocycles. The van der Waals surface area contributed by atoms with Gasteiger partial charge in [-0.2, -0.15) is 0 Å². The smallest absolute Gasteiger partial charge is 0.133 e. The molecular formula is C13H16Br2O. The second kappa shape index (κ2) is 5.54. The third-order valence-corrected chi connectivity index (χ3v) is 4.40. The number of hydrogen-bond donors (Lipinski definition) is 1. The first-order valence-corrected chi connectivity index (χ1v) is 7.42. The van der Waals surface area contributed by atoms with Crippen LogP contribution < -0.4 is 0 Å². The third kappa shape index (κ3) is 3.01. The van der Waals surface area contributed by atoms with Crippen LogP contribution in [-0.4, -0.2) is 5.11 Å². The fraction of sp³-hybridized carbons (Fsp3) is 0.538. The van der Waals surface area contributed by atoms with E-state index in [0.29, 0.717) is 5.75 Å². The average molecular weight is 348 g/mol.